The molecule has 2 rings (SSSR count). The Morgan fingerprint density at radius 1 is 1.32 bits per heavy atom. The van der Waals surface area contributed by atoms with Crippen LogP contribution in [-0.2, 0) is 19.1 Å². The number of terminal acetylenes is 1. The topological polar surface area (TPSA) is 87.7 Å². The molecule has 0 radical (unpaired) electrons. The van der Waals surface area contributed by atoms with E-state index < -0.39 is 12.0 Å². The lowest BCUT2D eigenvalue weighted by atomic mass is 9.95. The average molecular weight is 389 g/mol. The molecule has 2 saturated heterocycles. The highest BCUT2D eigenvalue weighted by atomic mass is 16.5. The molecule has 7 heteroatoms. The number of nitrogens with one attached hydrogen (secondary N) is 2. The molecular formula is C21H31N3O4. The third-order valence-electron chi connectivity index (χ3n) is 5.19. The van der Waals surface area contributed by atoms with Crippen molar-refractivity contribution in [2.24, 2.45) is 11.8 Å². The second kappa shape index (κ2) is 11.5. The molecule has 7 nitrogen and oxygen atoms in total. The Morgan fingerprint density at radius 3 is 2.75 bits per heavy atom. The van der Waals surface area contributed by atoms with Crippen molar-refractivity contribution in [2.75, 3.05) is 32.8 Å². The zero-order chi connectivity index (χ0) is 20.4. The van der Waals surface area contributed by atoms with E-state index in [1.807, 2.05) is 6.08 Å². The molecule has 28 heavy (non-hydrogen) atoms. The number of carbonyl (C=O) groups excluding carboxylic acids is 3. The van der Waals surface area contributed by atoms with Crippen LogP contribution in [0.1, 0.15) is 39.0 Å². The number of hydrogen-bond acceptors (Lipinski definition) is 5. The molecule has 0 aromatic carbocycles. The molecule has 0 aromatic heterocycles. The fraction of sp³-hybridized carbons (Fsp3) is 0.667. The first-order valence-electron chi connectivity index (χ1n) is 10.1. The van der Waals surface area contributed by atoms with E-state index >= 15 is 0 Å². The van der Waals surface area contributed by atoms with E-state index in [2.05, 4.69) is 16.6 Å². The Bertz CT molecular complexity index is 620. The predicted molar refractivity (Wildman–Crippen MR) is 106 cm³/mol. The lowest BCUT2D eigenvalue weighted by Crippen LogP contribution is -2.47. The monoisotopic (exact) mass is 389 g/mol. The molecule has 1 unspecified atom stereocenters. The van der Waals surface area contributed by atoms with Crippen molar-refractivity contribution in [1.29, 1.82) is 0 Å². The van der Waals surface area contributed by atoms with E-state index in [1.54, 1.807) is 17.9 Å². The van der Waals surface area contributed by atoms with Crippen LogP contribution in [0.4, 0.5) is 0 Å². The summed E-state index contributed by atoms with van der Waals surface area (Å²) in [6.45, 7) is 4.98. The maximum atomic E-state index is 12.6. The van der Waals surface area contributed by atoms with Crippen molar-refractivity contribution in [3.63, 3.8) is 0 Å². The predicted octanol–water partition coefficient (Wildman–Crippen LogP) is 0.852. The van der Waals surface area contributed by atoms with Gasteiger partial charge in [-0.3, -0.25) is 14.4 Å². The van der Waals surface area contributed by atoms with Crippen molar-refractivity contribution >= 4 is 17.8 Å². The van der Waals surface area contributed by atoms with Crippen LogP contribution < -0.4 is 10.6 Å². The van der Waals surface area contributed by atoms with Gasteiger partial charge in [0.1, 0.15) is 6.04 Å². The minimum absolute atomic E-state index is 0.0453. The summed E-state index contributed by atoms with van der Waals surface area (Å²) in [4.78, 5) is 38.4. The van der Waals surface area contributed by atoms with Gasteiger partial charge in [-0.2, -0.15) is 0 Å². The highest BCUT2D eigenvalue weighted by Crippen LogP contribution is 2.18. The second-order valence-electron chi connectivity index (χ2n) is 7.31. The van der Waals surface area contributed by atoms with Gasteiger partial charge < -0.3 is 20.3 Å². The second-order valence-corrected chi connectivity index (χ2v) is 7.31. The van der Waals surface area contributed by atoms with Gasteiger partial charge in [-0.25, -0.2) is 0 Å². The van der Waals surface area contributed by atoms with Gasteiger partial charge in [-0.05, 0) is 57.7 Å². The van der Waals surface area contributed by atoms with E-state index in [9.17, 15) is 14.4 Å². The highest BCUT2D eigenvalue weighted by Gasteiger charge is 2.29. The standard InChI is InChI=1S/C21H31N3O4/c1-3-18(14-20(26)28-4-2)23-21(27)17-6-5-13-24(15-17)19(25)8-7-16-9-11-22-12-10-16/h1,7-8,16-18,22H,4-6,9-15H2,2H3,(H,23,27)/b8-7+/t17-,18?/m1/s1. The number of nitrogens with zero attached hydrogens (tertiary/aromatic N) is 1. The quantitative estimate of drug-likeness (QED) is 0.383. The van der Waals surface area contributed by atoms with Crippen LogP contribution in [-0.4, -0.2) is 61.5 Å². The van der Waals surface area contributed by atoms with Crippen molar-refractivity contribution in [1.82, 2.24) is 15.5 Å². The zero-order valence-corrected chi connectivity index (χ0v) is 16.6. The number of hydrogen-bond donors (Lipinski definition) is 2. The molecule has 2 aliphatic heterocycles. The summed E-state index contributed by atoms with van der Waals surface area (Å²) in [5, 5.41) is 6.04. The van der Waals surface area contributed by atoms with E-state index in [0.29, 0.717) is 25.4 Å². The van der Waals surface area contributed by atoms with Crippen LogP contribution in [0, 0.1) is 24.2 Å². The molecular weight excluding hydrogens is 358 g/mol. The van der Waals surface area contributed by atoms with Crippen LogP contribution >= 0.6 is 0 Å². The molecule has 2 atom stereocenters. The van der Waals surface area contributed by atoms with Gasteiger partial charge in [0.25, 0.3) is 0 Å². The third-order valence-corrected chi connectivity index (χ3v) is 5.19. The maximum Gasteiger partial charge on any atom is 0.308 e. The highest BCUT2D eigenvalue weighted by molar-refractivity contribution is 5.88. The summed E-state index contributed by atoms with van der Waals surface area (Å²) < 4.78 is 4.88. The fourth-order valence-corrected chi connectivity index (χ4v) is 3.58. The number of piperidine rings is 2. The van der Waals surface area contributed by atoms with Gasteiger partial charge in [-0.1, -0.05) is 12.0 Å². The first-order chi connectivity index (χ1) is 13.5. The molecule has 0 aliphatic carbocycles. The van der Waals surface area contributed by atoms with Crippen molar-refractivity contribution in [3.05, 3.63) is 12.2 Å². The minimum atomic E-state index is -0.697. The molecule has 154 valence electrons. The Morgan fingerprint density at radius 2 is 2.07 bits per heavy atom. The summed E-state index contributed by atoms with van der Waals surface area (Å²) >= 11 is 0. The van der Waals surface area contributed by atoms with E-state index in [0.717, 1.165) is 32.4 Å². The number of ether oxygens (including phenoxy) is 1. The van der Waals surface area contributed by atoms with Crippen molar-refractivity contribution in [3.8, 4) is 12.3 Å². The molecule has 0 aromatic rings. The molecule has 0 bridgehead atoms. The van der Waals surface area contributed by atoms with Gasteiger partial charge in [0.15, 0.2) is 0 Å². The zero-order valence-electron chi connectivity index (χ0n) is 16.6. The number of rotatable bonds is 7. The average Bonchev–Trinajstić information content (AvgIpc) is 2.72. The molecule has 2 heterocycles. The van der Waals surface area contributed by atoms with Gasteiger partial charge >= 0.3 is 5.97 Å². The summed E-state index contributed by atoms with van der Waals surface area (Å²) in [6.07, 6.45) is 12.6. The molecule has 2 fully saturated rings. The Hall–Kier alpha value is -2.33. The largest absolute Gasteiger partial charge is 0.466 e. The van der Waals surface area contributed by atoms with Crippen molar-refractivity contribution < 1.29 is 19.1 Å². The molecule has 2 amide bonds. The lowest BCUT2D eigenvalue weighted by molar-refractivity contribution is -0.143. The first-order valence-corrected chi connectivity index (χ1v) is 10.1. The third kappa shape index (κ3) is 7.01. The number of allylic oxidation sites excluding steroid dienone is 1. The van der Waals surface area contributed by atoms with E-state index in [1.165, 1.54) is 0 Å². The summed E-state index contributed by atoms with van der Waals surface area (Å²) in [7, 11) is 0. The smallest absolute Gasteiger partial charge is 0.308 e. The van der Waals surface area contributed by atoms with Crippen molar-refractivity contribution in [2.45, 2.75) is 45.1 Å². The molecule has 2 aliphatic rings. The van der Waals surface area contributed by atoms with Gasteiger partial charge in [0.05, 0.1) is 18.9 Å². The summed E-state index contributed by atoms with van der Waals surface area (Å²) in [5.41, 5.74) is 0. The van der Waals surface area contributed by atoms with Gasteiger partial charge in [0.2, 0.25) is 11.8 Å². The molecule has 0 saturated carbocycles. The van der Waals surface area contributed by atoms with Crippen LogP contribution in [0.25, 0.3) is 0 Å². The SMILES string of the molecule is C#CC(CC(=O)OCC)NC(=O)[C@@H]1CCCN(C(=O)/C=C/C2CCNCC2)C1. The van der Waals surface area contributed by atoms with Crippen LogP contribution in [0.2, 0.25) is 0 Å². The molecule has 0 spiro atoms. The summed E-state index contributed by atoms with van der Waals surface area (Å²) in [6, 6.07) is -0.697. The van der Waals surface area contributed by atoms with Gasteiger partial charge in [-0.15, -0.1) is 6.42 Å². The number of amides is 2. The number of esters is 1. The lowest BCUT2D eigenvalue weighted by Gasteiger charge is -2.32. The summed E-state index contributed by atoms with van der Waals surface area (Å²) in [5.74, 6) is 1.85. The Balaban J connectivity index is 1.84. The maximum absolute atomic E-state index is 12.6. The van der Waals surface area contributed by atoms with Crippen LogP contribution in [0.15, 0.2) is 12.2 Å². The van der Waals surface area contributed by atoms with Crippen LogP contribution in [0.5, 0.6) is 0 Å². The normalized spacial score (nSPS) is 21.7. The van der Waals surface area contributed by atoms with E-state index in [4.69, 9.17) is 11.2 Å². The Labute approximate surface area is 167 Å². The number of likely N-dealkylation sites (tertiary alicyclic amines) is 1. The Kier molecular flexibility index (Phi) is 9.02. The van der Waals surface area contributed by atoms with E-state index in [-0.39, 0.29) is 30.8 Å². The first kappa shape index (κ1) is 22.0. The molecule has 2 N–H and O–H groups in total. The fourth-order valence-electron chi connectivity index (χ4n) is 3.58. The van der Waals surface area contributed by atoms with Gasteiger partial charge in [0, 0.05) is 13.1 Å². The minimum Gasteiger partial charge on any atom is -0.466 e. The van der Waals surface area contributed by atoms with Crippen LogP contribution in [0.3, 0.4) is 0 Å². The number of carbonyl (C=O) groups is 3.